The number of nitrogens with zero attached hydrogens (tertiary/aromatic N) is 1. The lowest BCUT2D eigenvalue weighted by atomic mass is 10.1. The Morgan fingerprint density at radius 2 is 2.25 bits per heavy atom. The molecule has 1 heterocycles. The number of hydrogen-bond acceptors (Lipinski definition) is 3. The number of carboxylic acid groups (broad SMARTS) is 1. The third kappa shape index (κ3) is 3.55. The molecule has 0 radical (unpaired) electrons. The SMILES string of the molecule is O=C(O)c1ccc(CN2CCCC2CCCO)cc1F. The molecule has 1 aliphatic rings. The minimum atomic E-state index is -1.24. The molecular weight excluding hydrogens is 261 g/mol. The van der Waals surface area contributed by atoms with Gasteiger partial charge in [0.2, 0.25) is 0 Å². The Morgan fingerprint density at radius 3 is 2.90 bits per heavy atom. The largest absolute Gasteiger partial charge is 0.478 e. The van der Waals surface area contributed by atoms with Crippen LogP contribution in [-0.4, -0.2) is 40.3 Å². The summed E-state index contributed by atoms with van der Waals surface area (Å²) in [6, 6.07) is 4.74. The quantitative estimate of drug-likeness (QED) is 0.839. The van der Waals surface area contributed by atoms with Crippen LogP contribution in [0.4, 0.5) is 4.39 Å². The predicted molar refractivity (Wildman–Crippen MR) is 73.1 cm³/mol. The predicted octanol–water partition coefficient (Wildman–Crippen LogP) is 2.26. The Hall–Kier alpha value is -1.46. The van der Waals surface area contributed by atoms with Gasteiger partial charge in [0, 0.05) is 19.2 Å². The van der Waals surface area contributed by atoms with E-state index in [1.54, 1.807) is 6.07 Å². The number of aliphatic hydroxyl groups is 1. The van der Waals surface area contributed by atoms with E-state index in [2.05, 4.69) is 4.90 Å². The summed E-state index contributed by atoms with van der Waals surface area (Å²) in [4.78, 5) is 13.1. The maximum Gasteiger partial charge on any atom is 0.338 e. The van der Waals surface area contributed by atoms with Gasteiger partial charge in [0.25, 0.3) is 0 Å². The molecule has 2 rings (SSSR count). The average Bonchev–Trinajstić information content (AvgIpc) is 2.83. The summed E-state index contributed by atoms with van der Waals surface area (Å²) >= 11 is 0. The second-order valence-electron chi connectivity index (χ2n) is 5.25. The van der Waals surface area contributed by atoms with Gasteiger partial charge in [-0.2, -0.15) is 0 Å². The van der Waals surface area contributed by atoms with Gasteiger partial charge in [-0.15, -0.1) is 0 Å². The van der Waals surface area contributed by atoms with Crippen LogP contribution in [0.15, 0.2) is 18.2 Å². The number of halogens is 1. The zero-order valence-corrected chi connectivity index (χ0v) is 11.4. The van der Waals surface area contributed by atoms with Gasteiger partial charge in [0.05, 0.1) is 5.56 Å². The lowest BCUT2D eigenvalue weighted by Gasteiger charge is -2.24. The molecule has 1 saturated heterocycles. The number of rotatable bonds is 6. The van der Waals surface area contributed by atoms with Crippen LogP contribution in [-0.2, 0) is 6.54 Å². The van der Waals surface area contributed by atoms with Gasteiger partial charge in [0.1, 0.15) is 5.82 Å². The maximum absolute atomic E-state index is 13.6. The zero-order chi connectivity index (χ0) is 14.5. The van der Waals surface area contributed by atoms with Crippen molar-refractivity contribution in [2.45, 2.75) is 38.3 Å². The molecule has 0 aromatic heterocycles. The van der Waals surface area contributed by atoms with Gasteiger partial charge in [-0.25, -0.2) is 9.18 Å². The minimum Gasteiger partial charge on any atom is -0.478 e. The number of hydrogen-bond donors (Lipinski definition) is 2. The molecule has 1 fully saturated rings. The van der Waals surface area contributed by atoms with Gasteiger partial charge < -0.3 is 10.2 Å². The summed E-state index contributed by atoms with van der Waals surface area (Å²) in [7, 11) is 0. The Morgan fingerprint density at radius 1 is 1.45 bits per heavy atom. The first-order valence-electron chi connectivity index (χ1n) is 6.98. The molecule has 1 aliphatic heterocycles. The fourth-order valence-corrected chi connectivity index (χ4v) is 2.82. The molecule has 1 aromatic carbocycles. The van der Waals surface area contributed by atoms with Crippen LogP contribution in [0, 0.1) is 5.82 Å². The summed E-state index contributed by atoms with van der Waals surface area (Å²) in [5.74, 6) is -1.92. The van der Waals surface area contributed by atoms with Crippen molar-refractivity contribution in [3.8, 4) is 0 Å². The molecular formula is C15H20FNO3. The lowest BCUT2D eigenvalue weighted by Crippen LogP contribution is -2.29. The highest BCUT2D eigenvalue weighted by Crippen LogP contribution is 2.24. The van der Waals surface area contributed by atoms with Crippen molar-refractivity contribution in [1.29, 1.82) is 0 Å². The average molecular weight is 281 g/mol. The third-order valence-corrected chi connectivity index (χ3v) is 3.84. The number of aromatic carboxylic acids is 1. The van der Waals surface area contributed by atoms with Crippen LogP contribution < -0.4 is 0 Å². The Kier molecular flexibility index (Phi) is 5.09. The van der Waals surface area contributed by atoms with Crippen molar-refractivity contribution in [2.75, 3.05) is 13.2 Å². The van der Waals surface area contributed by atoms with Crippen LogP contribution in [0.25, 0.3) is 0 Å². The van der Waals surface area contributed by atoms with E-state index >= 15 is 0 Å². The topological polar surface area (TPSA) is 60.8 Å². The molecule has 1 unspecified atom stereocenters. The van der Waals surface area contributed by atoms with Crippen molar-refractivity contribution in [1.82, 2.24) is 4.90 Å². The van der Waals surface area contributed by atoms with Crippen LogP contribution in [0.5, 0.6) is 0 Å². The lowest BCUT2D eigenvalue weighted by molar-refractivity contribution is 0.0692. The van der Waals surface area contributed by atoms with E-state index in [4.69, 9.17) is 10.2 Å². The van der Waals surface area contributed by atoms with Gasteiger partial charge in [-0.05, 0) is 49.9 Å². The van der Waals surface area contributed by atoms with Crippen LogP contribution in [0.2, 0.25) is 0 Å². The van der Waals surface area contributed by atoms with Crippen LogP contribution in [0.1, 0.15) is 41.6 Å². The van der Waals surface area contributed by atoms with E-state index in [1.165, 1.54) is 12.1 Å². The smallest absolute Gasteiger partial charge is 0.338 e. The van der Waals surface area contributed by atoms with Crippen molar-refractivity contribution in [3.05, 3.63) is 35.1 Å². The first kappa shape index (κ1) is 14.9. The van der Waals surface area contributed by atoms with Crippen molar-refractivity contribution in [3.63, 3.8) is 0 Å². The minimum absolute atomic E-state index is 0.201. The van der Waals surface area contributed by atoms with E-state index in [0.29, 0.717) is 12.6 Å². The van der Waals surface area contributed by atoms with Gasteiger partial charge in [0.15, 0.2) is 0 Å². The highest BCUT2D eigenvalue weighted by Gasteiger charge is 2.24. The van der Waals surface area contributed by atoms with E-state index in [9.17, 15) is 9.18 Å². The van der Waals surface area contributed by atoms with Crippen LogP contribution >= 0.6 is 0 Å². The Labute approximate surface area is 117 Å². The number of benzene rings is 1. The van der Waals surface area contributed by atoms with E-state index in [0.717, 1.165) is 37.8 Å². The van der Waals surface area contributed by atoms with Gasteiger partial charge in [-0.1, -0.05) is 6.07 Å². The molecule has 110 valence electrons. The third-order valence-electron chi connectivity index (χ3n) is 3.84. The molecule has 0 aliphatic carbocycles. The highest BCUT2D eigenvalue weighted by molar-refractivity contribution is 5.87. The summed E-state index contributed by atoms with van der Waals surface area (Å²) in [6.07, 6.45) is 3.96. The Balaban J connectivity index is 2.02. The molecule has 2 N–H and O–H groups in total. The zero-order valence-electron chi connectivity index (χ0n) is 11.4. The molecule has 1 atom stereocenters. The molecule has 1 aromatic rings. The van der Waals surface area contributed by atoms with Crippen LogP contribution in [0.3, 0.4) is 0 Å². The van der Waals surface area contributed by atoms with Crippen molar-refractivity contribution < 1.29 is 19.4 Å². The van der Waals surface area contributed by atoms with E-state index in [1.807, 2.05) is 0 Å². The number of aliphatic hydroxyl groups excluding tert-OH is 1. The number of carboxylic acids is 1. The van der Waals surface area contributed by atoms with E-state index < -0.39 is 11.8 Å². The monoisotopic (exact) mass is 281 g/mol. The van der Waals surface area contributed by atoms with E-state index in [-0.39, 0.29) is 12.2 Å². The number of carbonyl (C=O) groups is 1. The molecule has 0 amide bonds. The highest BCUT2D eigenvalue weighted by atomic mass is 19.1. The molecule has 0 spiro atoms. The maximum atomic E-state index is 13.6. The fraction of sp³-hybridized carbons (Fsp3) is 0.533. The van der Waals surface area contributed by atoms with Gasteiger partial charge in [-0.3, -0.25) is 4.90 Å². The summed E-state index contributed by atoms with van der Waals surface area (Å²) in [5, 5.41) is 17.7. The fourth-order valence-electron chi connectivity index (χ4n) is 2.82. The van der Waals surface area contributed by atoms with Crippen molar-refractivity contribution >= 4 is 5.97 Å². The standard InChI is InChI=1S/C15H20FNO3/c16-14-9-11(5-6-13(14)15(19)20)10-17-7-1-3-12(17)4-2-8-18/h5-6,9,12,18H,1-4,7-8,10H2,(H,19,20). The summed E-state index contributed by atoms with van der Waals surface area (Å²) in [5.41, 5.74) is 0.510. The van der Waals surface area contributed by atoms with Gasteiger partial charge >= 0.3 is 5.97 Å². The Bertz CT molecular complexity index is 478. The molecule has 20 heavy (non-hydrogen) atoms. The molecule has 0 saturated carbocycles. The first-order valence-corrected chi connectivity index (χ1v) is 6.98. The second kappa shape index (κ2) is 6.81. The molecule has 5 heteroatoms. The van der Waals surface area contributed by atoms with Crippen molar-refractivity contribution in [2.24, 2.45) is 0 Å². The summed E-state index contributed by atoms with van der Waals surface area (Å²) in [6.45, 7) is 1.80. The molecule has 4 nitrogen and oxygen atoms in total. The summed E-state index contributed by atoms with van der Waals surface area (Å²) < 4.78 is 13.6. The second-order valence-corrected chi connectivity index (χ2v) is 5.25. The molecule has 0 bridgehead atoms. The first-order chi connectivity index (χ1) is 9.61. The number of likely N-dealkylation sites (tertiary alicyclic amines) is 1. The normalized spacial score (nSPS) is 19.4.